The van der Waals surface area contributed by atoms with Crippen LogP contribution >= 0.6 is 0 Å². The van der Waals surface area contributed by atoms with E-state index in [1.54, 1.807) is 0 Å². The second-order valence-corrected chi connectivity index (χ2v) is 8.59. The number of aromatic nitrogens is 3. The molecule has 3 aliphatic rings. The Bertz CT molecular complexity index is 636. The molecule has 6 heteroatoms. The molecule has 6 nitrogen and oxygen atoms in total. The Kier molecular flexibility index (Phi) is 5.46. The minimum atomic E-state index is 0.596. The molecule has 2 N–H and O–H groups in total. The number of hydrogen-bond donors (Lipinski definition) is 2. The van der Waals surface area contributed by atoms with Gasteiger partial charge in [0.25, 0.3) is 0 Å². The van der Waals surface area contributed by atoms with Gasteiger partial charge < -0.3 is 15.2 Å². The lowest BCUT2D eigenvalue weighted by atomic mass is 9.69. The van der Waals surface area contributed by atoms with Crippen molar-refractivity contribution in [1.82, 2.24) is 25.4 Å². The molecule has 1 aromatic rings. The summed E-state index contributed by atoms with van der Waals surface area (Å²) in [6.07, 6.45) is 12.0. The fourth-order valence-electron chi connectivity index (χ4n) is 5.33. The van der Waals surface area contributed by atoms with Crippen LogP contribution in [-0.2, 0) is 13.0 Å². The standard InChI is InChI=1S/C20H34N6/c1-14-24-25-19-10-7-15(13-26(14)19)12-22-20(21-2)23-18-9-8-16-5-3-4-6-17(16)11-18/h15-18H,3-13H2,1-2H3,(H2,21,22,23). The molecule has 0 aromatic carbocycles. The first kappa shape index (κ1) is 17.8. The largest absolute Gasteiger partial charge is 0.356 e. The minimum Gasteiger partial charge on any atom is -0.356 e. The van der Waals surface area contributed by atoms with E-state index >= 15 is 0 Å². The summed E-state index contributed by atoms with van der Waals surface area (Å²) in [6.45, 7) is 4.04. The van der Waals surface area contributed by atoms with Crippen LogP contribution in [0.5, 0.6) is 0 Å². The Morgan fingerprint density at radius 3 is 2.81 bits per heavy atom. The van der Waals surface area contributed by atoms with Gasteiger partial charge in [-0.2, -0.15) is 0 Å². The van der Waals surface area contributed by atoms with Crippen LogP contribution in [0.4, 0.5) is 0 Å². The topological polar surface area (TPSA) is 67.1 Å². The fourth-order valence-corrected chi connectivity index (χ4v) is 5.33. The highest BCUT2D eigenvalue weighted by molar-refractivity contribution is 5.79. The summed E-state index contributed by atoms with van der Waals surface area (Å²) in [7, 11) is 1.89. The second-order valence-electron chi connectivity index (χ2n) is 8.59. The first-order valence-corrected chi connectivity index (χ1v) is 10.6. The Morgan fingerprint density at radius 1 is 1.12 bits per heavy atom. The number of aliphatic imine (C=N–C) groups is 1. The molecule has 144 valence electrons. The summed E-state index contributed by atoms with van der Waals surface area (Å²) >= 11 is 0. The molecule has 0 radical (unpaired) electrons. The molecule has 4 rings (SSSR count). The monoisotopic (exact) mass is 358 g/mol. The molecule has 1 aromatic heterocycles. The average Bonchev–Trinajstić information content (AvgIpc) is 3.05. The van der Waals surface area contributed by atoms with Gasteiger partial charge in [-0.1, -0.05) is 25.7 Å². The lowest BCUT2D eigenvalue weighted by molar-refractivity contribution is 0.150. The van der Waals surface area contributed by atoms with E-state index in [-0.39, 0.29) is 0 Å². The van der Waals surface area contributed by atoms with Crippen molar-refractivity contribution in [2.75, 3.05) is 13.6 Å². The van der Waals surface area contributed by atoms with Crippen molar-refractivity contribution in [3.63, 3.8) is 0 Å². The number of hydrogen-bond acceptors (Lipinski definition) is 3. The van der Waals surface area contributed by atoms with Gasteiger partial charge in [0.05, 0.1) is 0 Å². The van der Waals surface area contributed by atoms with E-state index in [4.69, 9.17) is 0 Å². The zero-order valence-electron chi connectivity index (χ0n) is 16.4. The fraction of sp³-hybridized carbons (Fsp3) is 0.850. The van der Waals surface area contributed by atoms with Crippen LogP contribution in [-0.4, -0.2) is 40.4 Å². The van der Waals surface area contributed by atoms with Crippen molar-refractivity contribution < 1.29 is 0 Å². The van der Waals surface area contributed by atoms with Gasteiger partial charge in [-0.05, 0) is 50.4 Å². The third-order valence-electron chi connectivity index (χ3n) is 6.89. The molecule has 0 saturated heterocycles. The van der Waals surface area contributed by atoms with Crippen LogP contribution in [0.15, 0.2) is 4.99 Å². The highest BCUT2D eigenvalue weighted by Gasteiger charge is 2.32. The highest BCUT2D eigenvalue weighted by Crippen LogP contribution is 2.40. The second kappa shape index (κ2) is 7.97. The summed E-state index contributed by atoms with van der Waals surface area (Å²) in [5.41, 5.74) is 0. The Hall–Kier alpha value is -1.59. The maximum absolute atomic E-state index is 4.49. The number of aryl methyl sites for hydroxylation is 2. The summed E-state index contributed by atoms with van der Waals surface area (Å²) in [5.74, 6) is 5.73. The predicted octanol–water partition coefficient (Wildman–Crippen LogP) is 2.67. The Morgan fingerprint density at radius 2 is 1.96 bits per heavy atom. The van der Waals surface area contributed by atoms with E-state index in [0.29, 0.717) is 12.0 Å². The van der Waals surface area contributed by atoms with E-state index in [1.807, 2.05) is 14.0 Å². The van der Waals surface area contributed by atoms with Crippen molar-refractivity contribution >= 4 is 5.96 Å². The summed E-state index contributed by atoms with van der Waals surface area (Å²) in [4.78, 5) is 4.49. The van der Waals surface area contributed by atoms with Gasteiger partial charge in [-0.15, -0.1) is 10.2 Å². The van der Waals surface area contributed by atoms with Crippen LogP contribution < -0.4 is 10.6 Å². The first-order chi connectivity index (χ1) is 12.7. The molecule has 2 saturated carbocycles. The van der Waals surface area contributed by atoms with Crippen LogP contribution in [0.25, 0.3) is 0 Å². The third kappa shape index (κ3) is 3.89. The maximum atomic E-state index is 4.49. The molecule has 0 spiro atoms. The van der Waals surface area contributed by atoms with Crippen LogP contribution in [0.3, 0.4) is 0 Å². The molecule has 2 heterocycles. The van der Waals surface area contributed by atoms with Crippen molar-refractivity contribution in [3.05, 3.63) is 11.6 Å². The van der Waals surface area contributed by atoms with E-state index < -0.39 is 0 Å². The van der Waals surface area contributed by atoms with Crippen molar-refractivity contribution in [3.8, 4) is 0 Å². The number of fused-ring (bicyclic) bond motifs is 2. The zero-order valence-corrected chi connectivity index (χ0v) is 16.4. The van der Waals surface area contributed by atoms with Crippen molar-refractivity contribution in [1.29, 1.82) is 0 Å². The SMILES string of the molecule is CN=C(NCC1CCc2nnc(C)n2C1)NC1CCC2CCCCC2C1. The van der Waals surface area contributed by atoms with Gasteiger partial charge in [0.1, 0.15) is 11.6 Å². The molecule has 0 bridgehead atoms. The van der Waals surface area contributed by atoms with Gasteiger partial charge in [0.15, 0.2) is 5.96 Å². The number of guanidine groups is 1. The lowest BCUT2D eigenvalue weighted by Gasteiger charge is -2.40. The molecular weight excluding hydrogens is 324 g/mol. The maximum Gasteiger partial charge on any atom is 0.191 e. The van der Waals surface area contributed by atoms with Gasteiger partial charge in [-0.3, -0.25) is 4.99 Å². The number of nitrogens with zero attached hydrogens (tertiary/aromatic N) is 4. The first-order valence-electron chi connectivity index (χ1n) is 10.6. The molecule has 1 aliphatic heterocycles. The summed E-state index contributed by atoms with van der Waals surface area (Å²) in [5, 5.41) is 15.8. The quantitative estimate of drug-likeness (QED) is 0.644. The molecular formula is C20H34N6. The van der Waals surface area contributed by atoms with Crippen LogP contribution in [0.2, 0.25) is 0 Å². The van der Waals surface area contributed by atoms with E-state index in [0.717, 1.165) is 49.0 Å². The van der Waals surface area contributed by atoms with Crippen molar-refractivity contribution in [2.24, 2.45) is 22.7 Å². The average molecular weight is 359 g/mol. The Labute approximate surface area is 157 Å². The molecule has 2 fully saturated rings. The molecule has 0 amide bonds. The van der Waals surface area contributed by atoms with E-state index in [2.05, 4.69) is 30.4 Å². The Balaban J connectivity index is 1.26. The third-order valence-corrected chi connectivity index (χ3v) is 6.89. The smallest absolute Gasteiger partial charge is 0.191 e. The van der Waals surface area contributed by atoms with Crippen LogP contribution in [0, 0.1) is 24.7 Å². The van der Waals surface area contributed by atoms with Gasteiger partial charge in [-0.25, -0.2) is 0 Å². The predicted molar refractivity (Wildman–Crippen MR) is 104 cm³/mol. The minimum absolute atomic E-state index is 0.596. The van der Waals surface area contributed by atoms with Crippen LogP contribution in [0.1, 0.15) is 63.0 Å². The molecule has 4 unspecified atom stereocenters. The number of rotatable bonds is 3. The molecule has 2 aliphatic carbocycles. The summed E-state index contributed by atoms with van der Waals surface area (Å²) < 4.78 is 2.27. The van der Waals surface area contributed by atoms with Gasteiger partial charge in [0, 0.05) is 32.6 Å². The highest BCUT2D eigenvalue weighted by atomic mass is 15.3. The molecule has 26 heavy (non-hydrogen) atoms. The van der Waals surface area contributed by atoms with Gasteiger partial charge in [0.2, 0.25) is 0 Å². The van der Waals surface area contributed by atoms with E-state index in [1.165, 1.54) is 51.4 Å². The van der Waals surface area contributed by atoms with Gasteiger partial charge >= 0.3 is 0 Å². The van der Waals surface area contributed by atoms with E-state index in [9.17, 15) is 0 Å². The summed E-state index contributed by atoms with van der Waals surface area (Å²) in [6, 6.07) is 0.596. The lowest BCUT2D eigenvalue weighted by Crippen LogP contribution is -2.48. The van der Waals surface area contributed by atoms with Crippen molar-refractivity contribution in [2.45, 2.75) is 77.3 Å². The normalized spacial score (nSPS) is 31.8. The molecule has 4 atom stereocenters. The number of nitrogens with one attached hydrogen (secondary N) is 2. The zero-order chi connectivity index (χ0) is 17.9.